The molecule has 0 spiro atoms. The number of hydrogen-bond acceptors (Lipinski definition) is 2. The molecule has 2 nitrogen and oxygen atoms in total. The molecule has 290 valence electrons. The summed E-state index contributed by atoms with van der Waals surface area (Å²) in [7, 11) is 0. The van der Waals surface area contributed by atoms with Gasteiger partial charge in [0.05, 0.1) is 11.1 Å². The molecule has 0 bridgehead atoms. The van der Waals surface area contributed by atoms with E-state index in [1.165, 1.54) is 60.1 Å². The number of para-hydroxylation sites is 1. The SMILES string of the molecule is c1ccc(-c2ccccc2-c2cccc(N(c3ccc(-c4cc5ccccc5c5ccccc45)cc3)c3ccc(-c4cccc5ccccc45)c4oc5ccccc5c34)c2)cc1. The van der Waals surface area contributed by atoms with Crippen LogP contribution in [0.1, 0.15) is 0 Å². The van der Waals surface area contributed by atoms with Crippen molar-refractivity contribution in [2.24, 2.45) is 0 Å². The van der Waals surface area contributed by atoms with Crippen molar-refractivity contribution in [2.45, 2.75) is 0 Å². The van der Waals surface area contributed by atoms with Crippen molar-refractivity contribution in [3.63, 3.8) is 0 Å². The van der Waals surface area contributed by atoms with Gasteiger partial charge in [0.25, 0.3) is 0 Å². The van der Waals surface area contributed by atoms with Crippen LogP contribution < -0.4 is 4.90 Å². The van der Waals surface area contributed by atoms with Gasteiger partial charge in [0, 0.05) is 22.3 Å². The van der Waals surface area contributed by atoms with Crippen LogP contribution in [-0.4, -0.2) is 0 Å². The zero-order chi connectivity index (χ0) is 41.0. The Morgan fingerprint density at radius 1 is 0.290 bits per heavy atom. The van der Waals surface area contributed by atoms with Crippen molar-refractivity contribution in [3.8, 4) is 44.5 Å². The van der Waals surface area contributed by atoms with Crippen LogP contribution in [-0.2, 0) is 0 Å². The van der Waals surface area contributed by atoms with Crippen molar-refractivity contribution in [1.82, 2.24) is 0 Å². The lowest BCUT2D eigenvalue weighted by Gasteiger charge is -2.27. The number of fused-ring (bicyclic) bond motifs is 7. The van der Waals surface area contributed by atoms with Gasteiger partial charge >= 0.3 is 0 Å². The second-order valence-electron chi connectivity index (χ2n) is 16.0. The second-order valence-corrected chi connectivity index (χ2v) is 16.0. The van der Waals surface area contributed by atoms with Crippen LogP contribution in [0, 0.1) is 0 Å². The van der Waals surface area contributed by atoms with Gasteiger partial charge in [0.15, 0.2) is 0 Å². The Morgan fingerprint density at radius 3 is 1.69 bits per heavy atom. The molecule has 11 aromatic carbocycles. The van der Waals surface area contributed by atoms with Crippen LogP contribution in [0.25, 0.3) is 98.8 Å². The van der Waals surface area contributed by atoms with E-state index in [2.05, 4.69) is 241 Å². The topological polar surface area (TPSA) is 16.4 Å². The number of hydrogen-bond donors (Lipinski definition) is 0. The van der Waals surface area contributed by atoms with Gasteiger partial charge in [-0.3, -0.25) is 0 Å². The molecule has 1 aromatic heterocycles. The molecule has 0 radical (unpaired) electrons. The maximum absolute atomic E-state index is 6.93. The predicted octanol–water partition coefficient (Wildman–Crippen LogP) is 17.2. The number of rotatable bonds is 7. The maximum Gasteiger partial charge on any atom is 0.145 e. The van der Waals surface area contributed by atoms with Gasteiger partial charge in [-0.05, 0) is 120 Å². The minimum absolute atomic E-state index is 0.862. The van der Waals surface area contributed by atoms with E-state index in [1.54, 1.807) is 0 Å². The zero-order valence-electron chi connectivity index (χ0n) is 33.9. The van der Waals surface area contributed by atoms with Crippen LogP contribution in [0.5, 0.6) is 0 Å². The number of furan rings is 1. The van der Waals surface area contributed by atoms with E-state index < -0.39 is 0 Å². The summed E-state index contributed by atoms with van der Waals surface area (Å²) in [6.07, 6.45) is 0. The van der Waals surface area contributed by atoms with Gasteiger partial charge in [-0.1, -0.05) is 188 Å². The highest BCUT2D eigenvalue weighted by Gasteiger charge is 2.23. The summed E-state index contributed by atoms with van der Waals surface area (Å²) in [5.41, 5.74) is 14.2. The summed E-state index contributed by atoms with van der Waals surface area (Å²) in [5.74, 6) is 0. The minimum Gasteiger partial charge on any atom is -0.455 e. The van der Waals surface area contributed by atoms with Crippen LogP contribution >= 0.6 is 0 Å². The zero-order valence-corrected chi connectivity index (χ0v) is 33.9. The fourth-order valence-corrected chi connectivity index (χ4v) is 9.60. The van der Waals surface area contributed by atoms with Gasteiger partial charge in [0.2, 0.25) is 0 Å². The van der Waals surface area contributed by atoms with Crippen LogP contribution in [0.2, 0.25) is 0 Å². The highest BCUT2D eigenvalue weighted by molar-refractivity contribution is 6.19. The lowest BCUT2D eigenvalue weighted by molar-refractivity contribution is 0.670. The molecule has 0 aliphatic carbocycles. The van der Waals surface area contributed by atoms with Gasteiger partial charge < -0.3 is 9.32 Å². The third kappa shape index (κ3) is 5.96. The average molecular weight is 790 g/mol. The lowest BCUT2D eigenvalue weighted by Crippen LogP contribution is -2.10. The van der Waals surface area contributed by atoms with Crippen molar-refractivity contribution < 1.29 is 4.42 Å². The Labute approximate surface area is 360 Å². The first-order chi connectivity index (χ1) is 30.8. The summed E-state index contributed by atoms with van der Waals surface area (Å²) < 4.78 is 6.93. The summed E-state index contributed by atoms with van der Waals surface area (Å²) in [6, 6.07) is 85.4. The van der Waals surface area contributed by atoms with E-state index >= 15 is 0 Å². The van der Waals surface area contributed by atoms with Crippen LogP contribution in [0.15, 0.2) is 241 Å². The third-order valence-electron chi connectivity index (χ3n) is 12.5. The molecule has 0 saturated heterocycles. The molecular formula is C60H39NO. The smallest absolute Gasteiger partial charge is 0.145 e. The maximum atomic E-state index is 6.93. The number of benzene rings is 11. The third-order valence-corrected chi connectivity index (χ3v) is 12.5. The van der Waals surface area contributed by atoms with E-state index in [0.29, 0.717) is 0 Å². The van der Waals surface area contributed by atoms with Crippen molar-refractivity contribution in [2.75, 3.05) is 4.90 Å². The molecule has 0 fully saturated rings. The molecule has 12 aromatic rings. The van der Waals surface area contributed by atoms with Crippen molar-refractivity contribution >= 4 is 71.3 Å². The van der Waals surface area contributed by atoms with E-state index in [1.807, 2.05) is 0 Å². The van der Waals surface area contributed by atoms with E-state index in [9.17, 15) is 0 Å². The molecule has 0 N–H and O–H groups in total. The fourth-order valence-electron chi connectivity index (χ4n) is 9.60. The first-order valence-electron chi connectivity index (χ1n) is 21.3. The Kier molecular flexibility index (Phi) is 8.53. The molecule has 0 atom stereocenters. The molecule has 0 amide bonds. The van der Waals surface area contributed by atoms with E-state index in [-0.39, 0.29) is 0 Å². The van der Waals surface area contributed by atoms with Crippen molar-refractivity contribution in [1.29, 1.82) is 0 Å². The highest BCUT2D eigenvalue weighted by atomic mass is 16.3. The Bertz CT molecular complexity index is 3630. The molecular weight excluding hydrogens is 751 g/mol. The Morgan fingerprint density at radius 2 is 0.871 bits per heavy atom. The lowest BCUT2D eigenvalue weighted by atomic mass is 9.93. The molecule has 0 unspecified atom stereocenters. The van der Waals surface area contributed by atoms with Gasteiger partial charge in [-0.25, -0.2) is 0 Å². The molecule has 0 aliphatic rings. The summed E-state index contributed by atoms with van der Waals surface area (Å²) in [4.78, 5) is 2.41. The van der Waals surface area contributed by atoms with E-state index in [4.69, 9.17) is 4.42 Å². The first kappa shape index (κ1) is 35.7. The first-order valence-corrected chi connectivity index (χ1v) is 21.3. The summed E-state index contributed by atoms with van der Waals surface area (Å²) >= 11 is 0. The molecule has 2 heteroatoms. The van der Waals surface area contributed by atoms with Gasteiger partial charge in [0.1, 0.15) is 11.2 Å². The van der Waals surface area contributed by atoms with Crippen molar-refractivity contribution in [3.05, 3.63) is 237 Å². The Hall–Kier alpha value is -8.20. The molecule has 0 aliphatic heterocycles. The predicted molar refractivity (Wildman–Crippen MR) is 263 cm³/mol. The standard InChI is InChI=1S/C60H39NO/c1-2-16-40(17-3-1)47-23-8-9-25-49(47)43-21-14-22-46(38-43)61(45-34-32-42(33-35-45)56-39-44-19-5-7-26-50(44)51-27-10-11-28-53(51)56)57-37-36-54(52-30-15-20-41-18-4-6-24-48(41)52)60-59(57)55-29-12-13-31-58(55)62-60/h1-39H. The largest absolute Gasteiger partial charge is 0.455 e. The quantitative estimate of drug-likeness (QED) is 0.150. The summed E-state index contributed by atoms with van der Waals surface area (Å²) in [6.45, 7) is 0. The number of nitrogens with zero attached hydrogens (tertiary/aromatic N) is 1. The minimum atomic E-state index is 0.862. The highest BCUT2D eigenvalue weighted by Crippen LogP contribution is 2.48. The average Bonchev–Trinajstić information content (AvgIpc) is 3.75. The molecule has 0 saturated carbocycles. The summed E-state index contributed by atoms with van der Waals surface area (Å²) in [5, 5.41) is 9.57. The second kappa shape index (κ2) is 14.8. The van der Waals surface area contributed by atoms with E-state index in [0.717, 1.165) is 55.7 Å². The van der Waals surface area contributed by atoms with Gasteiger partial charge in [-0.15, -0.1) is 0 Å². The number of anilines is 3. The monoisotopic (exact) mass is 789 g/mol. The van der Waals surface area contributed by atoms with Crippen LogP contribution in [0.3, 0.4) is 0 Å². The normalized spacial score (nSPS) is 11.5. The van der Waals surface area contributed by atoms with Gasteiger partial charge in [-0.2, -0.15) is 0 Å². The molecule has 1 heterocycles. The fraction of sp³-hybridized carbons (Fsp3) is 0. The molecule has 12 rings (SSSR count). The molecule has 62 heavy (non-hydrogen) atoms. The van der Waals surface area contributed by atoms with Crippen LogP contribution in [0.4, 0.5) is 17.1 Å². The Balaban J connectivity index is 1.09.